The number of benzene rings is 1. The lowest BCUT2D eigenvalue weighted by molar-refractivity contribution is -0.154. The number of carbonyl (C=O) groups is 5. The third-order valence-corrected chi connectivity index (χ3v) is 5.87. The van der Waals surface area contributed by atoms with Crippen molar-refractivity contribution in [1.82, 2.24) is 16.0 Å². The van der Waals surface area contributed by atoms with Crippen LogP contribution < -0.4 is 16.0 Å². The van der Waals surface area contributed by atoms with Gasteiger partial charge in [0.25, 0.3) is 0 Å². The number of carbonyl (C=O) groups excluding carboxylic acids is 4. The molecule has 0 aliphatic carbocycles. The molecular weight excluding hydrogens is 574 g/mol. The molecule has 4 N–H and O–H groups in total. The van der Waals surface area contributed by atoms with E-state index in [2.05, 4.69) is 16.0 Å². The number of ether oxygens (including phenoxy) is 4. The number of amides is 3. The minimum absolute atomic E-state index is 0.0564. The molecule has 0 bridgehead atoms. The van der Waals surface area contributed by atoms with Gasteiger partial charge < -0.3 is 40.0 Å². The van der Waals surface area contributed by atoms with E-state index in [1.54, 1.807) is 62.3 Å². The monoisotopic (exact) mass is 623 g/mol. The number of hydrogen-bond acceptors (Lipinski definition) is 9. The van der Waals surface area contributed by atoms with Crippen molar-refractivity contribution in [2.75, 3.05) is 19.8 Å². The summed E-state index contributed by atoms with van der Waals surface area (Å²) in [5, 5.41) is 18.2. The lowest BCUT2D eigenvalue weighted by Gasteiger charge is -2.42. The van der Waals surface area contributed by atoms with Gasteiger partial charge in [-0.05, 0) is 66.4 Å². The Bertz CT molecular complexity index is 1110. The molecule has 13 heteroatoms. The molecule has 3 atom stereocenters. The van der Waals surface area contributed by atoms with Gasteiger partial charge in [-0.1, -0.05) is 44.2 Å². The molecule has 0 saturated heterocycles. The molecule has 13 nitrogen and oxygen atoms in total. The molecule has 0 aromatic heterocycles. The maximum Gasteiger partial charge on any atom is 0.408 e. The van der Waals surface area contributed by atoms with E-state index in [0.717, 1.165) is 5.56 Å². The molecule has 0 saturated carbocycles. The highest BCUT2D eigenvalue weighted by molar-refractivity contribution is 5.94. The van der Waals surface area contributed by atoms with Crippen molar-refractivity contribution in [2.24, 2.45) is 11.8 Å². The molecule has 0 spiro atoms. The molecule has 3 amide bonds. The molecule has 0 aliphatic rings. The number of carboxylic acid groups (broad SMARTS) is 1. The standard InChI is InChI=1S/C31H49N3O10/c1-10-42-23(35)17-32-25(36)24(31(26(37)38,16-20(2)3)34-28(40)44-30(7,8)9)22(33-27(39)43-29(4,5)6)19-41-18-21-14-12-11-13-15-21/h11-15,20,22,24H,10,16-19H2,1-9H3,(H,32,36)(H,33,39)(H,34,40)(H,37,38)/t22?,24?,31-/m1/s1. The largest absolute Gasteiger partial charge is 0.479 e. The highest BCUT2D eigenvalue weighted by Gasteiger charge is 2.55. The number of alkyl carbamates (subject to hydrolysis) is 2. The van der Waals surface area contributed by atoms with Crippen molar-refractivity contribution in [3.63, 3.8) is 0 Å². The Morgan fingerprint density at radius 3 is 1.95 bits per heavy atom. The van der Waals surface area contributed by atoms with Crippen LogP contribution in [0.5, 0.6) is 0 Å². The number of hydrogen-bond donors (Lipinski definition) is 4. The third-order valence-electron chi connectivity index (χ3n) is 5.87. The first-order chi connectivity index (χ1) is 20.3. The van der Waals surface area contributed by atoms with E-state index in [9.17, 15) is 29.1 Å². The number of rotatable bonds is 15. The van der Waals surface area contributed by atoms with Crippen LogP contribution in [-0.2, 0) is 39.9 Å². The van der Waals surface area contributed by atoms with Gasteiger partial charge >= 0.3 is 24.1 Å². The summed E-state index contributed by atoms with van der Waals surface area (Å²) in [5.74, 6) is -5.39. The van der Waals surface area contributed by atoms with Gasteiger partial charge in [0.05, 0.1) is 31.8 Å². The second-order valence-electron chi connectivity index (χ2n) is 12.8. The maximum atomic E-state index is 14.0. The minimum Gasteiger partial charge on any atom is -0.479 e. The fourth-order valence-electron chi connectivity index (χ4n) is 4.45. The van der Waals surface area contributed by atoms with E-state index in [4.69, 9.17) is 18.9 Å². The van der Waals surface area contributed by atoms with Crippen LogP contribution in [0.25, 0.3) is 0 Å². The fourth-order valence-corrected chi connectivity index (χ4v) is 4.45. The number of aliphatic carboxylic acids is 1. The lowest BCUT2D eigenvalue weighted by Crippen LogP contribution is -2.69. The Morgan fingerprint density at radius 2 is 1.45 bits per heavy atom. The first kappa shape index (κ1) is 38.2. The first-order valence-electron chi connectivity index (χ1n) is 14.6. The minimum atomic E-state index is -2.34. The van der Waals surface area contributed by atoms with Gasteiger partial charge in [0.15, 0.2) is 5.54 Å². The zero-order valence-corrected chi connectivity index (χ0v) is 27.3. The highest BCUT2D eigenvalue weighted by atomic mass is 16.6. The zero-order valence-electron chi connectivity index (χ0n) is 27.3. The van der Waals surface area contributed by atoms with E-state index in [-0.39, 0.29) is 32.2 Å². The smallest absolute Gasteiger partial charge is 0.408 e. The lowest BCUT2D eigenvalue weighted by atomic mass is 9.73. The summed E-state index contributed by atoms with van der Waals surface area (Å²) in [6, 6.07) is 7.69. The summed E-state index contributed by atoms with van der Waals surface area (Å²) < 4.78 is 21.6. The molecule has 1 aromatic carbocycles. The Kier molecular flexibility index (Phi) is 14.6. The van der Waals surface area contributed by atoms with Crippen LogP contribution in [0.1, 0.15) is 74.3 Å². The van der Waals surface area contributed by atoms with Gasteiger partial charge in [-0.25, -0.2) is 14.4 Å². The SMILES string of the molecule is CCOC(=O)CNC(=O)C(C(COCc1ccccc1)NC(=O)OC(C)(C)C)[C@@](CC(C)C)(NC(=O)OC(C)(C)C)C(=O)O. The van der Waals surface area contributed by atoms with Crippen LogP contribution in [0, 0.1) is 11.8 Å². The summed E-state index contributed by atoms with van der Waals surface area (Å²) >= 11 is 0. The summed E-state index contributed by atoms with van der Waals surface area (Å²) in [4.78, 5) is 65.5. The van der Waals surface area contributed by atoms with E-state index in [1.165, 1.54) is 0 Å². The van der Waals surface area contributed by atoms with Crippen LogP contribution in [-0.4, -0.2) is 77.7 Å². The third kappa shape index (κ3) is 13.6. The normalized spacial score (nSPS) is 14.4. The van der Waals surface area contributed by atoms with Crippen molar-refractivity contribution >= 4 is 30.0 Å². The van der Waals surface area contributed by atoms with E-state index < -0.39 is 65.3 Å². The molecule has 0 fully saturated rings. The van der Waals surface area contributed by atoms with Gasteiger partial charge in [0.2, 0.25) is 5.91 Å². The maximum absolute atomic E-state index is 14.0. The van der Waals surface area contributed by atoms with Gasteiger partial charge in [0.1, 0.15) is 17.7 Å². The molecule has 0 aliphatic heterocycles. The number of carboxylic acids is 1. The molecule has 248 valence electrons. The Morgan fingerprint density at radius 1 is 0.886 bits per heavy atom. The summed E-state index contributed by atoms with van der Waals surface area (Å²) in [6.45, 7) is 13.9. The summed E-state index contributed by atoms with van der Waals surface area (Å²) in [5.41, 5.74) is -3.49. The van der Waals surface area contributed by atoms with Gasteiger partial charge in [0, 0.05) is 0 Å². The van der Waals surface area contributed by atoms with Crippen molar-refractivity contribution < 1.29 is 48.0 Å². The second-order valence-corrected chi connectivity index (χ2v) is 12.8. The average Bonchev–Trinajstić information content (AvgIpc) is 2.85. The first-order valence-corrected chi connectivity index (χ1v) is 14.6. The number of nitrogens with one attached hydrogen (secondary N) is 3. The Balaban J connectivity index is 3.75. The fraction of sp³-hybridized carbons (Fsp3) is 0.645. The predicted molar refractivity (Wildman–Crippen MR) is 162 cm³/mol. The molecule has 1 rings (SSSR count). The topological polar surface area (TPSA) is 179 Å². The highest BCUT2D eigenvalue weighted by Crippen LogP contribution is 2.31. The quantitative estimate of drug-likeness (QED) is 0.166. The summed E-state index contributed by atoms with van der Waals surface area (Å²) in [6.07, 6.45) is -2.30. The number of esters is 1. The second kappa shape index (κ2) is 16.8. The molecule has 44 heavy (non-hydrogen) atoms. The molecule has 0 radical (unpaired) electrons. The molecule has 2 unspecified atom stereocenters. The Labute approximate surface area is 259 Å². The van der Waals surface area contributed by atoms with Crippen LogP contribution in [0.4, 0.5) is 9.59 Å². The van der Waals surface area contributed by atoms with Gasteiger partial charge in [-0.3, -0.25) is 9.59 Å². The molecular formula is C31H49N3O10. The predicted octanol–water partition coefficient (Wildman–Crippen LogP) is 3.79. The van der Waals surface area contributed by atoms with Crippen LogP contribution in [0.2, 0.25) is 0 Å². The average molecular weight is 624 g/mol. The van der Waals surface area contributed by atoms with E-state index >= 15 is 0 Å². The Hall–Kier alpha value is -3.87. The van der Waals surface area contributed by atoms with Gasteiger partial charge in [-0.15, -0.1) is 0 Å². The van der Waals surface area contributed by atoms with Crippen molar-refractivity contribution in [3.05, 3.63) is 35.9 Å². The molecule has 1 aromatic rings. The molecule has 0 heterocycles. The van der Waals surface area contributed by atoms with Crippen LogP contribution >= 0.6 is 0 Å². The van der Waals surface area contributed by atoms with Crippen molar-refractivity contribution in [2.45, 2.75) is 98.1 Å². The van der Waals surface area contributed by atoms with Crippen LogP contribution in [0.3, 0.4) is 0 Å². The van der Waals surface area contributed by atoms with E-state index in [1.807, 2.05) is 30.3 Å². The van der Waals surface area contributed by atoms with Crippen molar-refractivity contribution in [3.8, 4) is 0 Å². The van der Waals surface area contributed by atoms with E-state index in [0.29, 0.717) is 0 Å². The van der Waals surface area contributed by atoms with Crippen LogP contribution in [0.15, 0.2) is 30.3 Å². The summed E-state index contributed by atoms with van der Waals surface area (Å²) in [7, 11) is 0. The van der Waals surface area contributed by atoms with Crippen molar-refractivity contribution in [1.29, 1.82) is 0 Å². The van der Waals surface area contributed by atoms with Gasteiger partial charge in [-0.2, -0.15) is 0 Å². The zero-order chi connectivity index (χ0) is 33.7.